The first-order valence-electron chi connectivity index (χ1n) is 7.61. The van der Waals surface area contributed by atoms with Gasteiger partial charge in [-0.2, -0.15) is 0 Å². The number of rotatable bonds is 9. The van der Waals surface area contributed by atoms with Gasteiger partial charge in [0.1, 0.15) is 5.82 Å². The first-order chi connectivity index (χ1) is 11.1. The van der Waals surface area contributed by atoms with Crippen molar-refractivity contribution in [3.8, 4) is 0 Å². The maximum Gasteiger partial charge on any atom is 0.303 e. The van der Waals surface area contributed by atoms with Gasteiger partial charge in [0.05, 0.1) is 11.0 Å². The van der Waals surface area contributed by atoms with Crippen LogP contribution in [-0.2, 0) is 18.3 Å². The molecule has 0 atom stereocenters. The first kappa shape index (κ1) is 23.5. The van der Waals surface area contributed by atoms with E-state index in [2.05, 4.69) is 9.88 Å². The molecule has 0 bridgehead atoms. The quantitative estimate of drug-likeness (QED) is 0.650. The molecule has 1 aromatic carbocycles. The number of anilines is 1. The number of fused-ring (bicyclic) bond motifs is 1. The fraction of sp³-hybridized carbons (Fsp3) is 0.500. The number of carboxylic acids is 1. The lowest BCUT2D eigenvalue weighted by Gasteiger charge is -2.22. The summed E-state index contributed by atoms with van der Waals surface area (Å²) in [6.07, 6.45) is 1.40. The summed E-state index contributed by atoms with van der Waals surface area (Å²) in [5.74, 6) is 1.21. The lowest BCUT2D eigenvalue weighted by Crippen LogP contribution is -2.27. The summed E-state index contributed by atoms with van der Waals surface area (Å²) < 4.78 is 2.02. The standard InChI is InChI=1S/C16H21Cl2N3O2.2H2O/c1-20-14-6-5-12(21(9-7-17)10-8-18)11-13(14)19-15(20)3-2-4-16(22)23;;/h5-6,11H,2-4,7-10H2,1H3,(H,22,23);2*1H2. The number of nitrogens with zero attached hydrogens (tertiary/aromatic N) is 3. The van der Waals surface area contributed by atoms with Gasteiger partial charge in [-0.25, -0.2) is 4.98 Å². The van der Waals surface area contributed by atoms with Crippen molar-refractivity contribution >= 4 is 45.9 Å². The molecular weight excluding hydrogens is 369 g/mol. The second-order valence-electron chi connectivity index (χ2n) is 5.37. The number of aryl methyl sites for hydroxylation is 2. The van der Waals surface area contributed by atoms with E-state index in [9.17, 15) is 4.79 Å². The molecule has 0 aliphatic carbocycles. The Labute approximate surface area is 156 Å². The number of carboxylic acid groups (broad SMARTS) is 1. The Morgan fingerprint density at radius 2 is 1.88 bits per heavy atom. The second-order valence-corrected chi connectivity index (χ2v) is 6.13. The van der Waals surface area contributed by atoms with Crippen molar-refractivity contribution in [1.29, 1.82) is 0 Å². The van der Waals surface area contributed by atoms with Crippen LogP contribution in [0.2, 0.25) is 0 Å². The highest BCUT2D eigenvalue weighted by atomic mass is 35.5. The lowest BCUT2D eigenvalue weighted by molar-refractivity contribution is -0.137. The van der Waals surface area contributed by atoms with Gasteiger partial charge in [-0.15, -0.1) is 23.2 Å². The summed E-state index contributed by atoms with van der Waals surface area (Å²) in [7, 11) is 1.96. The van der Waals surface area contributed by atoms with Crippen molar-refractivity contribution in [3.05, 3.63) is 24.0 Å². The van der Waals surface area contributed by atoms with Gasteiger partial charge in [-0.05, 0) is 24.6 Å². The topological polar surface area (TPSA) is 121 Å². The molecule has 5 N–H and O–H groups in total. The predicted octanol–water partition coefficient (Wildman–Crippen LogP) is 1.62. The van der Waals surface area contributed by atoms with Crippen LogP contribution in [0.25, 0.3) is 11.0 Å². The predicted molar refractivity (Wildman–Crippen MR) is 102 cm³/mol. The fourth-order valence-electron chi connectivity index (χ4n) is 2.63. The van der Waals surface area contributed by atoms with Crippen molar-refractivity contribution in [2.45, 2.75) is 19.3 Å². The molecule has 0 radical (unpaired) electrons. The van der Waals surface area contributed by atoms with Crippen LogP contribution in [0.15, 0.2) is 18.2 Å². The van der Waals surface area contributed by atoms with E-state index in [1.807, 2.05) is 29.8 Å². The molecule has 0 aliphatic heterocycles. The van der Waals surface area contributed by atoms with Gasteiger partial charge in [-0.1, -0.05) is 0 Å². The van der Waals surface area contributed by atoms with Crippen LogP contribution in [-0.4, -0.2) is 56.4 Å². The molecule has 2 aromatic rings. The van der Waals surface area contributed by atoms with Gasteiger partial charge in [0.15, 0.2) is 0 Å². The minimum Gasteiger partial charge on any atom is -0.481 e. The van der Waals surface area contributed by atoms with E-state index in [0.717, 1.165) is 35.6 Å². The SMILES string of the molecule is Cn1c(CCCC(=O)O)nc2cc(N(CCCl)CCCl)ccc21.O.O. The Morgan fingerprint density at radius 1 is 1.24 bits per heavy atom. The molecule has 0 saturated carbocycles. The molecule has 2 rings (SSSR count). The third-order valence-corrected chi connectivity index (χ3v) is 4.16. The van der Waals surface area contributed by atoms with Gasteiger partial charge < -0.3 is 25.5 Å². The number of hydrogen-bond acceptors (Lipinski definition) is 3. The number of carbonyl (C=O) groups is 1. The molecular formula is C16H25Cl2N3O4. The van der Waals surface area contributed by atoms with Crippen molar-refractivity contribution < 1.29 is 20.9 Å². The minimum absolute atomic E-state index is 0. The molecule has 7 nitrogen and oxygen atoms in total. The van der Waals surface area contributed by atoms with Crippen molar-refractivity contribution in [2.75, 3.05) is 29.7 Å². The highest BCUT2D eigenvalue weighted by Gasteiger charge is 2.11. The number of hydrogen-bond donors (Lipinski definition) is 1. The van der Waals surface area contributed by atoms with E-state index in [4.69, 9.17) is 28.3 Å². The van der Waals surface area contributed by atoms with E-state index >= 15 is 0 Å². The molecule has 1 heterocycles. The van der Waals surface area contributed by atoms with E-state index in [1.165, 1.54) is 0 Å². The van der Waals surface area contributed by atoms with Gasteiger partial charge in [-0.3, -0.25) is 4.79 Å². The smallest absolute Gasteiger partial charge is 0.303 e. The zero-order valence-electron chi connectivity index (χ0n) is 14.1. The molecule has 0 fully saturated rings. The second kappa shape index (κ2) is 11.1. The van der Waals surface area contributed by atoms with Crippen LogP contribution in [0.3, 0.4) is 0 Å². The number of halogens is 2. The van der Waals surface area contributed by atoms with Gasteiger partial charge >= 0.3 is 5.97 Å². The van der Waals surface area contributed by atoms with Gasteiger partial charge in [0.25, 0.3) is 0 Å². The first-order valence-corrected chi connectivity index (χ1v) is 8.67. The van der Waals surface area contributed by atoms with Gasteiger partial charge in [0, 0.05) is 50.4 Å². The van der Waals surface area contributed by atoms with E-state index in [1.54, 1.807) is 0 Å². The molecule has 9 heteroatoms. The molecule has 0 unspecified atom stereocenters. The van der Waals surface area contributed by atoms with Crippen LogP contribution in [0.5, 0.6) is 0 Å². The minimum atomic E-state index is -0.774. The zero-order valence-corrected chi connectivity index (χ0v) is 15.6. The molecule has 142 valence electrons. The average molecular weight is 394 g/mol. The summed E-state index contributed by atoms with van der Waals surface area (Å²) in [6, 6.07) is 6.12. The number of alkyl halides is 2. The third-order valence-electron chi connectivity index (χ3n) is 3.82. The van der Waals surface area contributed by atoms with Crippen LogP contribution in [0.4, 0.5) is 5.69 Å². The molecule has 0 saturated heterocycles. The molecule has 0 aliphatic rings. The Hall–Kier alpha value is -1.54. The monoisotopic (exact) mass is 393 g/mol. The normalized spacial score (nSPS) is 10.2. The summed E-state index contributed by atoms with van der Waals surface area (Å²) in [4.78, 5) is 17.4. The maximum absolute atomic E-state index is 10.6. The van der Waals surface area contributed by atoms with E-state index in [-0.39, 0.29) is 17.4 Å². The highest BCUT2D eigenvalue weighted by molar-refractivity contribution is 6.18. The maximum atomic E-state index is 10.6. The highest BCUT2D eigenvalue weighted by Crippen LogP contribution is 2.23. The zero-order chi connectivity index (χ0) is 16.8. The fourth-order valence-corrected chi connectivity index (χ4v) is 3.04. The molecule has 0 spiro atoms. The van der Waals surface area contributed by atoms with E-state index in [0.29, 0.717) is 24.6 Å². The molecule has 0 amide bonds. The number of imidazole rings is 1. The van der Waals surface area contributed by atoms with Crippen LogP contribution < -0.4 is 4.90 Å². The summed E-state index contributed by atoms with van der Waals surface area (Å²) in [6.45, 7) is 1.47. The number of aromatic nitrogens is 2. The number of benzene rings is 1. The summed E-state index contributed by atoms with van der Waals surface area (Å²) in [5.41, 5.74) is 2.99. The van der Waals surface area contributed by atoms with Crippen LogP contribution in [0, 0.1) is 0 Å². The molecule has 25 heavy (non-hydrogen) atoms. The average Bonchev–Trinajstić information content (AvgIpc) is 2.83. The van der Waals surface area contributed by atoms with E-state index < -0.39 is 5.97 Å². The van der Waals surface area contributed by atoms with Crippen molar-refractivity contribution in [1.82, 2.24) is 9.55 Å². The molecule has 1 aromatic heterocycles. The largest absolute Gasteiger partial charge is 0.481 e. The Bertz CT molecular complexity index is 673. The Balaban J connectivity index is 0.00000288. The van der Waals surface area contributed by atoms with Crippen LogP contribution >= 0.6 is 23.2 Å². The van der Waals surface area contributed by atoms with Crippen molar-refractivity contribution in [2.24, 2.45) is 7.05 Å². The summed E-state index contributed by atoms with van der Waals surface area (Å²) >= 11 is 11.7. The van der Waals surface area contributed by atoms with Crippen LogP contribution in [0.1, 0.15) is 18.7 Å². The Morgan fingerprint density at radius 3 is 2.44 bits per heavy atom. The Kier molecular flexibility index (Phi) is 10.5. The van der Waals surface area contributed by atoms with Gasteiger partial charge in [0.2, 0.25) is 0 Å². The number of aliphatic carboxylic acids is 1. The summed E-state index contributed by atoms with van der Waals surface area (Å²) in [5, 5.41) is 8.74. The third kappa shape index (κ3) is 6.04. The lowest BCUT2D eigenvalue weighted by atomic mass is 10.2. The van der Waals surface area contributed by atoms with Crippen molar-refractivity contribution in [3.63, 3.8) is 0 Å².